The molecule has 0 aliphatic carbocycles. The number of amides is 1. The van der Waals surface area contributed by atoms with E-state index < -0.39 is 0 Å². The normalized spacial score (nSPS) is 16.1. The molecule has 1 aliphatic heterocycles. The van der Waals surface area contributed by atoms with Gasteiger partial charge in [-0.2, -0.15) is 0 Å². The summed E-state index contributed by atoms with van der Waals surface area (Å²) in [6, 6.07) is 14.3. The molecular weight excluding hydrogens is 559 g/mol. The fourth-order valence-electron chi connectivity index (χ4n) is 3.24. The summed E-state index contributed by atoms with van der Waals surface area (Å²) in [7, 11) is 1.47. The maximum absolute atomic E-state index is 13.5. The van der Waals surface area contributed by atoms with Crippen molar-refractivity contribution in [1.82, 2.24) is 0 Å². The second-order valence-corrected chi connectivity index (χ2v) is 10.2. The second kappa shape index (κ2) is 10.0. The van der Waals surface area contributed by atoms with Crippen LogP contribution < -0.4 is 9.64 Å². The van der Waals surface area contributed by atoms with Crippen LogP contribution in [0.15, 0.2) is 62.9 Å². The van der Waals surface area contributed by atoms with E-state index in [-0.39, 0.29) is 11.7 Å². The molecule has 1 heterocycles. The first-order valence-electron chi connectivity index (χ1n) is 10.1. The predicted molar refractivity (Wildman–Crippen MR) is 145 cm³/mol. The van der Waals surface area contributed by atoms with Gasteiger partial charge < -0.3 is 9.84 Å². The number of thioether (sulfide) groups is 1. The van der Waals surface area contributed by atoms with Gasteiger partial charge in [0.2, 0.25) is 0 Å². The summed E-state index contributed by atoms with van der Waals surface area (Å²) < 4.78 is 5.69. The fourth-order valence-corrected chi connectivity index (χ4v) is 5.05. The predicted octanol–water partition coefficient (Wildman–Crippen LogP) is 7.90. The van der Waals surface area contributed by atoms with Crippen LogP contribution >= 0.6 is 50.9 Å². The van der Waals surface area contributed by atoms with Crippen LogP contribution in [0.2, 0.25) is 10.0 Å². The van der Waals surface area contributed by atoms with E-state index >= 15 is 0 Å². The summed E-state index contributed by atoms with van der Waals surface area (Å²) in [5.74, 6) is 0.0385. The van der Waals surface area contributed by atoms with Crippen LogP contribution in [-0.4, -0.2) is 23.3 Å². The van der Waals surface area contributed by atoms with Crippen LogP contribution in [0.1, 0.15) is 16.7 Å². The van der Waals surface area contributed by atoms with E-state index in [1.165, 1.54) is 23.8 Å². The number of carbonyl (C=O) groups is 1. The summed E-state index contributed by atoms with van der Waals surface area (Å²) in [4.78, 5) is 20.2. The number of hydrogen-bond acceptors (Lipinski definition) is 5. The molecule has 1 N–H and O–H groups in total. The van der Waals surface area contributed by atoms with E-state index in [9.17, 15) is 9.90 Å². The minimum Gasteiger partial charge on any atom is -0.503 e. The van der Waals surface area contributed by atoms with Crippen LogP contribution in [0.5, 0.6) is 11.5 Å². The van der Waals surface area contributed by atoms with Gasteiger partial charge in [-0.15, -0.1) is 0 Å². The van der Waals surface area contributed by atoms with E-state index in [1.54, 1.807) is 30.3 Å². The molecule has 3 aromatic carbocycles. The third kappa shape index (κ3) is 4.98. The maximum Gasteiger partial charge on any atom is 0.271 e. The number of anilines is 1. The molecule has 0 radical (unpaired) electrons. The molecule has 1 aliphatic rings. The molecule has 1 fully saturated rings. The van der Waals surface area contributed by atoms with Crippen LogP contribution in [-0.2, 0) is 4.79 Å². The van der Waals surface area contributed by atoms with Crippen molar-refractivity contribution in [2.45, 2.75) is 13.8 Å². The van der Waals surface area contributed by atoms with Crippen molar-refractivity contribution in [3.63, 3.8) is 0 Å². The molecule has 3 aromatic rings. The Labute approximate surface area is 220 Å². The monoisotopic (exact) mass is 576 g/mol. The average molecular weight is 578 g/mol. The summed E-state index contributed by atoms with van der Waals surface area (Å²) >= 11 is 17.2. The number of nitrogens with zero attached hydrogens (tertiary/aromatic N) is 2. The van der Waals surface area contributed by atoms with Crippen molar-refractivity contribution in [2.24, 2.45) is 4.99 Å². The molecule has 0 saturated carbocycles. The van der Waals surface area contributed by atoms with E-state index in [0.717, 1.165) is 11.1 Å². The number of benzene rings is 3. The number of ether oxygens (including phenoxy) is 1. The first-order chi connectivity index (χ1) is 16.2. The summed E-state index contributed by atoms with van der Waals surface area (Å²) in [5.41, 5.74) is 3.77. The van der Waals surface area contributed by atoms with Crippen LogP contribution in [0.3, 0.4) is 0 Å². The maximum atomic E-state index is 13.5. The Hall–Kier alpha value is -2.45. The van der Waals surface area contributed by atoms with Gasteiger partial charge in [0.05, 0.1) is 27.9 Å². The third-order valence-corrected chi connectivity index (χ3v) is 7.56. The number of aryl methyl sites for hydroxylation is 2. The number of hydrogen-bond donors (Lipinski definition) is 1. The minimum absolute atomic E-state index is 0.00974. The van der Waals surface area contributed by atoms with Gasteiger partial charge in [-0.1, -0.05) is 35.3 Å². The fraction of sp³-hybridized carbons (Fsp3) is 0.120. The molecule has 0 aromatic heterocycles. The first-order valence-corrected chi connectivity index (χ1v) is 12.5. The molecule has 5 nitrogen and oxygen atoms in total. The molecule has 0 unspecified atom stereocenters. The average Bonchev–Trinajstić information content (AvgIpc) is 3.09. The topological polar surface area (TPSA) is 62.1 Å². The molecule has 174 valence electrons. The summed E-state index contributed by atoms with van der Waals surface area (Å²) in [6.07, 6.45) is 1.73. The van der Waals surface area contributed by atoms with Crippen molar-refractivity contribution in [1.29, 1.82) is 0 Å². The van der Waals surface area contributed by atoms with E-state index in [4.69, 9.17) is 32.9 Å². The number of rotatable bonds is 4. The highest BCUT2D eigenvalue weighted by Crippen LogP contribution is 2.41. The zero-order chi connectivity index (χ0) is 24.6. The lowest BCUT2D eigenvalue weighted by molar-refractivity contribution is -0.113. The van der Waals surface area contributed by atoms with Crippen molar-refractivity contribution >= 4 is 79.4 Å². The molecular formula is C25H19BrCl2N2O3S. The van der Waals surface area contributed by atoms with Gasteiger partial charge >= 0.3 is 0 Å². The number of aromatic hydroxyl groups is 1. The molecule has 1 saturated heterocycles. The lowest BCUT2D eigenvalue weighted by Crippen LogP contribution is -2.28. The Morgan fingerprint density at radius 3 is 2.38 bits per heavy atom. The Kier molecular flexibility index (Phi) is 7.28. The van der Waals surface area contributed by atoms with Gasteiger partial charge in [0.1, 0.15) is 0 Å². The van der Waals surface area contributed by atoms with Gasteiger partial charge in [0.25, 0.3) is 5.91 Å². The Bertz CT molecular complexity index is 1370. The van der Waals surface area contributed by atoms with E-state index in [2.05, 4.69) is 15.9 Å². The Balaban J connectivity index is 1.82. The van der Waals surface area contributed by atoms with Crippen LogP contribution in [0.4, 0.5) is 11.4 Å². The van der Waals surface area contributed by atoms with Gasteiger partial charge in [0, 0.05) is 10.0 Å². The van der Waals surface area contributed by atoms with Crippen molar-refractivity contribution in [2.75, 3.05) is 12.0 Å². The highest BCUT2D eigenvalue weighted by atomic mass is 79.9. The number of halogens is 3. The molecule has 0 bridgehead atoms. The first kappa shape index (κ1) is 24.7. The highest BCUT2D eigenvalue weighted by Gasteiger charge is 2.35. The molecule has 1 amide bonds. The molecule has 9 heteroatoms. The number of carbonyl (C=O) groups excluding carboxylic acids is 1. The minimum atomic E-state index is -0.245. The lowest BCUT2D eigenvalue weighted by Gasteiger charge is -2.16. The van der Waals surface area contributed by atoms with Crippen LogP contribution in [0.25, 0.3) is 6.08 Å². The summed E-state index contributed by atoms with van der Waals surface area (Å²) in [6.45, 7) is 3.82. The molecule has 0 spiro atoms. The largest absolute Gasteiger partial charge is 0.503 e. The third-order valence-electron chi connectivity index (χ3n) is 5.17. The van der Waals surface area contributed by atoms with Crippen molar-refractivity contribution in [3.8, 4) is 11.5 Å². The van der Waals surface area contributed by atoms with Gasteiger partial charge in [0.15, 0.2) is 16.7 Å². The quantitative estimate of drug-likeness (QED) is 0.320. The van der Waals surface area contributed by atoms with Crippen molar-refractivity contribution in [3.05, 3.63) is 84.6 Å². The van der Waals surface area contributed by atoms with E-state index in [1.807, 2.05) is 38.1 Å². The van der Waals surface area contributed by atoms with Gasteiger partial charge in [-0.3, -0.25) is 9.69 Å². The van der Waals surface area contributed by atoms with Crippen LogP contribution in [0, 0.1) is 13.8 Å². The number of phenols is 1. The SMILES string of the molecule is COc1cc(/C=C2/SC(=Nc3ccc(C)c(Cl)c3)N(c3ccc(C)c(Cl)c3)C2=O)cc(Br)c1O. The molecule has 0 atom stereocenters. The molecule has 34 heavy (non-hydrogen) atoms. The zero-order valence-corrected chi connectivity index (χ0v) is 22.3. The zero-order valence-electron chi connectivity index (χ0n) is 18.4. The lowest BCUT2D eigenvalue weighted by atomic mass is 10.1. The van der Waals surface area contributed by atoms with Crippen molar-refractivity contribution < 1.29 is 14.6 Å². The second-order valence-electron chi connectivity index (χ2n) is 7.57. The number of aliphatic imine (C=N–C) groups is 1. The smallest absolute Gasteiger partial charge is 0.271 e. The molecule has 4 rings (SSSR count). The Morgan fingerprint density at radius 2 is 1.74 bits per heavy atom. The van der Waals surface area contributed by atoms with Gasteiger partial charge in [-0.25, -0.2) is 4.99 Å². The van der Waals surface area contributed by atoms with Gasteiger partial charge in [-0.05, 0) is 101 Å². The summed E-state index contributed by atoms with van der Waals surface area (Å²) in [5, 5.41) is 11.7. The standard InChI is InChI=1S/C25H19BrCl2N2O3S/c1-13-4-6-16(11-19(13)27)29-25-30(17-7-5-14(2)20(28)12-17)24(32)22(34-25)10-15-8-18(26)23(31)21(9-15)33-3/h4-12,31H,1-3H3/b22-10+,29-25?. The number of amidine groups is 1. The highest BCUT2D eigenvalue weighted by molar-refractivity contribution is 9.10. The Morgan fingerprint density at radius 1 is 1.06 bits per heavy atom. The number of phenolic OH excluding ortho intramolecular Hbond substituents is 1. The van der Waals surface area contributed by atoms with E-state index in [0.29, 0.717) is 47.3 Å². The number of methoxy groups -OCH3 is 1.